The molecule has 0 aliphatic heterocycles. The standard InChI is InChI=1S/C27H27N3O3S3/c1-4-10-22(11-5-1)16-34-19-31-25-28-26(32-20-35-17-23-12-6-2-7-13-23)30-27(29-25)33-21-36-18-24-14-8-3-9-15-24/h1-15H,16-21H2. The predicted molar refractivity (Wildman–Crippen MR) is 150 cm³/mol. The highest BCUT2D eigenvalue weighted by Crippen LogP contribution is 2.21. The van der Waals surface area contributed by atoms with Crippen molar-refractivity contribution in [3.05, 3.63) is 108 Å². The summed E-state index contributed by atoms with van der Waals surface area (Å²) >= 11 is 4.92. The minimum atomic E-state index is 0.191. The second kappa shape index (κ2) is 15.3. The van der Waals surface area contributed by atoms with Crippen LogP contribution < -0.4 is 14.2 Å². The number of benzene rings is 3. The van der Waals surface area contributed by atoms with Crippen molar-refractivity contribution in [1.29, 1.82) is 0 Å². The van der Waals surface area contributed by atoms with Gasteiger partial charge in [0.05, 0.1) is 0 Å². The zero-order valence-electron chi connectivity index (χ0n) is 19.7. The van der Waals surface area contributed by atoms with Crippen molar-refractivity contribution in [2.45, 2.75) is 17.3 Å². The highest BCUT2D eigenvalue weighted by molar-refractivity contribution is 7.98. The molecule has 1 aromatic heterocycles. The molecule has 0 amide bonds. The van der Waals surface area contributed by atoms with E-state index in [1.165, 1.54) is 16.7 Å². The predicted octanol–water partition coefficient (Wildman–Crippen LogP) is 6.68. The van der Waals surface area contributed by atoms with E-state index in [4.69, 9.17) is 14.2 Å². The molecule has 186 valence electrons. The van der Waals surface area contributed by atoms with Gasteiger partial charge in [-0.25, -0.2) is 0 Å². The average Bonchev–Trinajstić information content (AvgIpc) is 2.93. The molecule has 0 bridgehead atoms. The molecule has 4 aromatic rings. The van der Waals surface area contributed by atoms with Crippen LogP contribution in [0.15, 0.2) is 91.0 Å². The zero-order valence-corrected chi connectivity index (χ0v) is 22.1. The fraction of sp³-hybridized carbons (Fsp3) is 0.222. The maximum atomic E-state index is 5.79. The van der Waals surface area contributed by atoms with Crippen LogP contribution in [0.25, 0.3) is 0 Å². The van der Waals surface area contributed by atoms with E-state index in [0.29, 0.717) is 17.8 Å². The fourth-order valence-corrected chi connectivity index (χ4v) is 5.10. The maximum absolute atomic E-state index is 5.79. The number of thioether (sulfide) groups is 3. The van der Waals surface area contributed by atoms with Crippen LogP contribution in [0.5, 0.6) is 18.0 Å². The van der Waals surface area contributed by atoms with Crippen LogP contribution in [-0.4, -0.2) is 32.8 Å². The van der Waals surface area contributed by atoms with Gasteiger partial charge in [-0.05, 0) is 16.7 Å². The Balaban J connectivity index is 1.29. The normalized spacial score (nSPS) is 10.7. The number of ether oxygens (including phenoxy) is 3. The number of hydrogen-bond acceptors (Lipinski definition) is 9. The van der Waals surface area contributed by atoms with Gasteiger partial charge in [0.2, 0.25) is 0 Å². The van der Waals surface area contributed by atoms with Crippen molar-refractivity contribution in [2.75, 3.05) is 17.8 Å². The summed E-state index contributed by atoms with van der Waals surface area (Å²) in [6.07, 6.45) is 0. The van der Waals surface area contributed by atoms with E-state index in [2.05, 4.69) is 51.4 Å². The van der Waals surface area contributed by atoms with E-state index < -0.39 is 0 Å². The quantitative estimate of drug-likeness (QED) is 0.122. The van der Waals surface area contributed by atoms with Crippen molar-refractivity contribution in [1.82, 2.24) is 15.0 Å². The summed E-state index contributed by atoms with van der Waals surface area (Å²) in [5, 5.41) is 0. The summed E-state index contributed by atoms with van der Waals surface area (Å²) in [5.74, 6) is 3.73. The third kappa shape index (κ3) is 9.64. The Morgan fingerprint density at radius 1 is 0.417 bits per heavy atom. The second-order valence-electron chi connectivity index (χ2n) is 7.47. The Bertz CT molecular complexity index is 997. The molecular formula is C27H27N3O3S3. The monoisotopic (exact) mass is 537 g/mol. The minimum Gasteiger partial charge on any atom is -0.452 e. The first kappa shape index (κ1) is 26.2. The van der Waals surface area contributed by atoms with E-state index in [-0.39, 0.29) is 18.0 Å². The van der Waals surface area contributed by atoms with E-state index >= 15 is 0 Å². The molecule has 36 heavy (non-hydrogen) atoms. The lowest BCUT2D eigenvalue weighted by Gasteiger charge is -2.10. The Kier molecular flexibility index (Phi) is 11.1. The smallest absolute Gasteiger partial charge is 0.326 e. The summed E-state index contributed by atoms with van der Waals surface area (Å²) in [6.45, 7) is 0. The number of rotatable bonds is 15. The molecule has 0 aliphatic carbocycles. The van der Waals surface area contributed by atoms with Crippen LogP contribution in [0.1, 0.15) is 16.7 Å². The molecule has 0 atom stereocenters. The number of hydrogen-bond donors (Lipinski definition) is 0. The van der Waals surface area contributed by atoms with E-state index in [0.717, 1.165) is 17.3 Å². The van der Waals surface area contributed by atoms with Crippen LogP contribution in [-0.2, 0) is 17.3 Å². The first-order chi connectivity index (χ1) is 17.8. The highest BCUT2D eigenvalue weighted by atomic mass is 32.2. The van der Waals surface area contributed by atoms with Gasteiger partial charge in [0.15, 0.2) is 0 Å². The number of nitrogens with zero attached hydrogens (tertiary/aromatic N) is 3. The molecule has 0 unspecified atom stereocenters. The van der Waals surface area contributed by atoms with Gasteiger partial charge < -0.3 is 14.2 Å². The molecule has 0 aliphatic rings. The van der Waals surface area contributed by atoms with Gasteiger partial charge in [0.1, 0.15) is 17.8 Å². The molecule has 6 nitrogen and oxygen atoms in total. The van der Waals surface area contributed by atoms with Gasteiger partial charge in [-0.3, -0.25) is 0 Å². The molecule has 0 fully saturated rings. The Morgan fingerprint density at radius 2 is 0.694 bits per heavy atom. The molecule has 0 saturated carbocycles. The maximum Gasteiger partial charge on any atom is 0.326 e. The molecule has 3 aromatic carbocycles. The van der Waals surface area contributed by atoms with Crippen molar-refractivity contribution in [2.24, 2.45) is 0 Å². The van der Waals surface area contributed by atoms with Gasteiger partial charge in [-0.15, -0.1) is 50.2 Å². The summed E-state index contributed by atoms with van der Waals surface area (Å²) in [5.41, 5.74) is 3.71. The van der Waals surface area contributed by atoms with Gasteiger partial charge in [0.25, 0.3) is 0 Å². The molecule has 0 N–H and O–H groups in total. The van der Waals surface area contributed by atoms with E-state index in [1.54, 1.807) is 35.3 Å². The third-order valence-corrected chi connectivity index (χ3v) is 7.19. The summed E-state index contributed by atoms with van der Waals surface area (Å²) in [6, 6.07) is 31.3. The minimum absolute atomic E-state index is 0.191. The van der Waals surface area contributed by atoms with Crippen LogP contribution in [0, 0.1) is 0 Å². The molecule has 0 saturated heterocycles. The van der Waals surface area contributed by atoms with Crippen LogP contribution in [0.3, 0.4) is 0 Å². The topological polar surface area (TPSA) is 66.4 Å². The molecule has 9 heteroatoms. The molecule has 4 rings (SSSR count). The van der Waals surface area contributed by atoms with Gasteiger partial charge in [-0.1, -0.05) is 91.0 Å². The first-order valence-electron chi connectivity index (χ1n) is 11.3. The van der Waals surface area contributed by atoms with Crippen molar-refractivity contribution >= 4 is 35.3 Å². The van der Waals surface area contributed by atoms with Gasteiger partial charge in [0, 0.05) is 17.3 Å². The third-order valence-electron chi connectivity index (χ3n) is 4.72. The van der Waals surface area contributed by atoms with Crippen molar-refractivity contribution in [3.63, 3.8) is 0 Å². The van der Waals surface area contributed by atoms with Crippen LogP contribution in [0.4, 0.5) is 0 Å². The summed E-state index contributed by atoms with van der Waals surface area (Å²) < 4.78 is 17.4. The molecule has 1 heterocycles. The Labute approximate surface area is 224 Å². The largest absolute Gasteiger partial charge is 0.452 e. The molecule has 0 spiro atoms. The lowest BCUT2D eigenvalue weighted by Crippen LogP contribution is -2.07. The molecular weight excluding hydrogens is 511 g/mol. The van der Waals surface area contributed by atoms with Gasteiger partial charge in [-0.2, -0.15) is 0 Å². The van der Waals surface area contributed by atoms with E-state index in [1.807, 2.05) is 54.6 Å². The lowest BCUT2D eigenvalue weighted by atomic mass is 10.2. The first-order valence-corrected chi connectivity index (χ1v) is 14.8. The Morgan fingerprint density at radius 3 is 0.972 bits per heavy atom. The van der Waals surface area contributed by atoms with Crippen molar-refractivity contribution in [3.8, 4) is 18.0 Å². The lowest BCUT2D eigenvalue weighted by molar-refractivity contribution is 0.290. The number of aromatic nitrogens is 3. The fourth-order valence-electron chi connectivity index (χ4n) is 3.00. The van der Waals surface area contributed by atoms with Crippen LogP contribution >= 0.6 is 35.3 Å². The second-order valence-corrected chi connectivity index (χ2v) is 10.3. The molecule has 0 radical (unpaired) electrons. The summed E-state index contributed by atoms with van der Waals surface area (Å²) in [7, 11) is 0. The highest BCUT2D eigenvalue weighted by Gasteiger charge is 2.11. The van der Waals surface area contributed by atoms with Crippen LogP contribution in [0.2, 0.25) is 0 Å². The SMILES string of the molecule is c1ccc(CSCOc2nc(OCSCc3ccccc3)nc(OCSCc3ccccc3)n2)cc1. The van der Waals surface area contributed by atoms with Gasteiger partial charge >= 0.3 is 18.0 Å². The zero-order chi connectivity index (χ0) is 24.7. The Hall–Kier alpha value is -2.88. The van der Waals surface area contributed by atoms with Crippen molar-refractivity contribution < 1.29 is 14.2 Å². The summed E-state index contributed by atoms with van der Waals surface area (Å²) in [4.78, 5) is 13.0. The average molecular weight is 538 g/mol. The van der Waals surface area contributed by atoms with E-state index in [9.17, 15) is 0 Å².